The topological polar surface area (TPSA) is 87.0 Å². The molecule has 3 N–H and O–H groups in total. The van der Waals surface area contributed by atoms with Crippen LogP contribution in [0.2, 0.25) is 0 Å². The maximum absolute atomic E-state index is 9.89. The molecule has 0 saturated carbocycles. The van der Waals surface area contributed by atoms with Crippen LogP contribution in [0.15, 0.2) is 0 Å². The van der Waals surface area contributed by atoms with E-state index < -0.39 is 12.1 Å². The Hall–Kier alpha value is -0.650. The summed E-state index contributed by atoms with van der Waals surface area (Å²) in [6.07, 6.45) is -1.51. The second-order valence-electron chi connectivity index (χ2n) is 1.57. The normalized spacial score (nSPS) is 13.0. The number of carboxylic acids is 1. The molecule has 0 aliphatic carbocycles. The Morgan fingerprint density at radius 1 is 1.70 bits per heavy atom. The Bertz CT molecular complexity index is 102. The van der Waals surface area contributed by atoms with Crippen LogP contribution in [0.5, 0.6) is 0 Å². The Morgan fingerprint density at radius 2 is 2.30 bits per heavy atom. The fourth-order valence-corrected chi connectivity index (χ4v) is 0.304. The summed E-state index contributed by atoms with van der Waals surface area (Å²) in [6, 6.07) is 0. The van der Waals surface area contributed by atoms with Gasteiger partial charge in [0.1, 0.15) is 6.61 Å². The lowest BCUT2D eigenvalue weighted by Crippen LogP contribution is -2.25. The van der Waals surface area contributed by atoms with Crippen molar-refractivity contribution in [3.8, 4) is 0 Å². The highest BCUT2D eigenvalue weighted by molar-refractivity contribution is 5.71. The smallest absolute Gasteiger partial charge is 0.334 e. The minimum atomic E-state index is -1.51. The third-order valence-corrected chi connectivity index (χ3v) is 0.753. The van der Waals surface area contributed by atoms with Crippen LogP contribution in [0.25, 0.3) is 0 Å². The maximum atomic E-state index is 9.89. The quantitative estimate of drug-likeness (QED) is 0.435. The van der Waals surface area contributed by atoms with Crippen molar-refractivity contribution in [2.24, 2.45) is 0 Å². The summed E-state index contributed by atoms with van der Waals surface area (Å²) in [5.74, 6) is -1.34. The molecule has 5 heteroatoms. The van der Waals surface area contributed by atoms with Gasteiger partial charge in [-0.1, -0.05) is 0 Å². The first-order chi connectivity index (χ1) is 4.68. The van der Waals surface area contributed by atoms with Gasteiger partial charge in [-0.3, -0.25) is 0 Å². The van der Waals surface area contributed by atoms with Crippen molar-refractivity contribution in [1.29, 1.82) is 0 Å². The minimum absolute atomic E-state index is 0.0790. The van der Waals surface area contributed by atoms with E-state index in [1.165, 1.54) is 0 Å². The molecule has 0 saturated heterocycles. The predicted molar refractivity (Wildman–Crippen MR) is 30.7 cm³/mol. The van der Waals surface area contributed by atoms with Gasteiger partial charge in [0.15, 0.2) is 6.10 Å². The van der Waals surface area contributed by atoms with Crippen LogP contribution in [0, 0.1) is 6.61 Å². The number of ether oxygens (including phenoxy) is 1. The van der Waals surface area contributed by atoms with E-state index in [4.69, 9.17) is 15.3 Å². The highest BCUT2D eigenvalue weighted by Crippen LogP contribution is 1.85. The summed E-state index contributed by atoms with van der Waals surface area (Å²) in [6.45, 7) is 0.339. The van der Waals surface area contributed by atoms with E-state index in [1.807, 2.05) is 0 Å². The number of carboxylic acid groups (broad SMARTS) is 1. The van der Waals surface area contributed by atoms with Gasteiger partial charge >= 0.3 is 5.97 Å². The summed E-state index contributed by atoms with van der Waals surface area (Å²) < 4.78 is 4.47. The average molecular weight is 149 g/mol. The van der Waals surface area contributed by atoms with Crippen LogP contribution in [-0.4, -0.2) is 40.6 Å². The molecule has 0 aromatic rings. The zero-order valence-corrected chi connectivity index (χ0v) is 5.23. The number of hydrogen-bond donors (Lipinski definition) is 3. The zero-order chi connectivity index (χ0) is 7.98. The lowest BCUT2D eigenvalue weighted by Gasteiger charge is -2.03. The van der Waals surface area contributed by atoms with Gasteiger partial charge in [-0.25, -0.2) is 4.79 Å². The molecule has 0 heterocycles. The first-order valence-corrected chi connectivity index (χ1v) is 2.63. The molecular weight excluding hydrogens is 140 g/mol. The minimum Gasteiger partial charge on any atom is -0.479 e. The number of carbonyl (C=O) groups is 1. The molecule has 1 atom stereocenters. The Labute approximate surface area is 57.9 Å². The molecule has 0 spiro atoms. The van der Waals surface area contributed by atoms with Gasteiger partial charge in [-0.05, 0) is 0 Å². The van der Waals surface area contributed by atoms with E-state index in [1.54, 1.807) is 0 Å². The van der Waals surface area contributed by atoms with Crippen molar-refractivity contribution in [3.63, 3.8) is 0 Å². The standard InChI is InChI=1S/C5H9O5/c6-1-2-10-3-4(7)5(8)9/h1,4,6-7H,2-3H2,(H,8,9). The van der Waals surface area contributed by atoms with Crippen molar-refractivity contribution in [2.45, 2.75) is 6.10 Å². The molecule has 0 aromatic heterocycles. The molecule has 0 rings (SSSR count). The highest BCUT2D eigenvalue weighted by Gasteiger charge is 2.11. The number of aliphatic hydroxyl groups excluding tert-OH is 2. The summed E-state index contributed by atoms with van der Waals surface area (Å²) in [5, 5.41) is 24.7. The first-order valence-electron chi connectivity index (χ1n) is 2.63. The molecule has 5 nitrogen and oxygen atoms in total. The van der Waals surface area contributed by atoms with Crippen molar-refractivity contribution >= 4 is 5.97 Å². The Morgan fingerprint density at radius 3 is 2.70 bits per heavy atom. The van der Waals surface area contributed by atoms with Crippen LogP contribution in [0.1, 0.15) is 0 Å². The summed E-state index contributed by atoms with van der Waals surface area (Å²) in [4.78, 5) is 9.89. The second-order valence-corrected chi connectivity index (χ2v) is 1.57. The van der Waals surface area contributed by atoms with E-state index in [9.17, 15) is 4.79 Å². The monoisotopic (exact) mass is 149 g/mol. The van der Waals surface area contributed by atoms with Gasteiger partial charge in [-0.15, -0.1) is 0 Å². The van der Waals surface area contributed by atoms with Gasteiger partial charge < -0.3 is 20.1 Å². The van der Waals surface area contributed by atoms with E-state index in [-0.39, 0.29) is 13.2 Å². The molecular formula is C5H9O5. The largest absolute Gasteiger partial charge is 0.479 e. The third-order valence-electron chi connectivity index (χ3n) is 0.753. The van der Waals surface area contributed by atoms with Crippen LogP contribution < -0.4 is 0 Å². The molecule has 0 aliphatic rings. The van der Waals surface area contributed by atoms with Gasteiger partial charge in [0, 0.05) is 0 Å². The molecule has 1 radical (unpaired) electrons. The van der Waals surface area contributed by atoms with Crippen molar-refractivity contribution in [2.75, 3.05) is 13.2 Å². The maximum Gasteiger partial charge on any atom is 0.334 e. The lowest BCUT2D eigenvalue weighted by molar-refractivity contribution is -0.149. The first kappa shape index (κ1) is 9.35. The molecule has 0 amide bonds. The molecule has 0 aromatic carbocycles. The van der Waals surface area contributed by atoms with E-state index in [2.05, 4.69) is 4.74 Å². The molecule has 0 bridgehead atoms. The number of aliphatic hydroxyl groups is 2. The summed E-state index contributed by atoms with van der Waals surface area (Å²) >= 11 is 0. The van der Waals surface area contributed by atoms with Crippen LogP contribution in [-0.2, 0) is 9.53 Å². The van der Waals surface area contributed by atoms with Gasteiger partial charge in [0.2, 0.25) is 0 Å². The zero-order valence-electron chi connectivity index (χ0n) is 5.23. The predicted octanol–water partition coefficient (Wildman–Crippen LogP) is -1.02. The fraction of sp³-hybridized carbons (Fsp3) is 0.600. The molecule has 59 valence electrons. The number of hydrogen-bond acceptors (Lipinski definition) is 4. The van der Waals surface area contributed by atoms with Crippen LogP contribution in [0.4, 0.5) is 0 Å². The second kappa shape index (κ2) is 5.16. The third kappa shape index (κ3) is 4.25. The summed E-state index contributed by atoms with van der Waals surface area (Å²) in [7, 11) is 0. The van der Waals surface area contributed by atoms with Gasteiger partial charge in [-0.2, -0.15) is 0 Å². The van der Waals surface area contributed by atoms with E-state index in [0.29, 0.717) is 0 Å². The molecule has 1 unspecified atom stereocenters. The van der Waals surface area contributed by atoms with Crippen molar-refractivity contribution in [3.05, 3.63) is 6.61 Å². The van der Waals surface area contributed by atoms with Crippen molar-refractivity contribution < 1.29 is 24.9 Å². The molecule has 0 fully saturated rings. The van der Waals surface area contributed by atoms with Crippen LogP contribution >= 0.6 is 0 Å². The Kier molecular flexibility index (Phi) is 4.82. The SMILES string of the molecule is O=C(O)C(O)COC[CH]O. The number of rotatable bonds is 5. The molecule has 0 aliphatic heterocycles. The average Bonchev–Trinajstić information content (AvgIpc) is 1.88. The lowest BCUT2D eigenvalue weighted by atomic mass is 10.4. The number of aliphatic carboxylic acids is 1. The van der Waals surface area contributed by atoms with Gasteiger partial charge in [0.25, 0.3) is 0 Å². The van der Waals surface area contributed by atoms with Gasteiger partial charge in [0.05, 0.1) is 13.2 Å². The highest BCUT2D eigenvalue weighted by atomic mass is 16.5. The molecule has 10 heavy (non-hydrogen) atoms. The Balaban J connectivity index is 3.21. The van der Waals surface area contributed by atoms with E-state index >= 15 is 0 Å². The van der Waals surface area contributed by atoms with Crippen LogP contribution in [0.3, 0.4) is 0 Å². The summed E-state index contributed by atoms with van der Waals surface area (Å²) in [5.41, 5.74) is 0. The van der Waals surface area contributed by atoms with E-state index in [0.717, 1.165) is 6.61 Å². The van der Waals surface area contributed by atoms with Crippen molar-refractivity contribution in [1.82, 2.24) is 0 Å². The fourth-order valence-electron chi connectivity index (χ4n) is 0.304.